The summed E-state index contributed by atoms with van der Waals surface area (Å²) in [6.45, 7) is 2.90. The molecule has 1 saturated carbocycles. The van der Waals surface area contributed by atoms with Crippen molar-refractivity contribution < 1.29 is 4.79 Å². The molecule has 168 valence electrons. The van der Waals surface area contributed by atoms with E-state index < -0.39 is 5.69 Å². The van der Waals surface area contributed by atoms with E-state index in [0.717, 1.165) is 23.0 Å². The molecule has 0 spiro atoms. The van der Waals surface area contributed by atoms with E-state index in [4.69, 9.17) is 16.6 Å². The van der Waals surface area contributed by atoms with Gasteiger partial charge in [-0.1, -0.05) is 23.7 Å². The van der Waals surface area contributed by atoms with E-state index in [1.807, 2.05) is 33.7 Å². The quantitative estimate of drug-likeness (QED) is 0.588. The lowest BCUT2D eigenvalue weighted by Gasteiger charge is -2.35. The molecule has 0 radical (unpaired) electrons. The Morgan fingerprint density at radius 1 is 1.03 bits per heavy atom. The third-order valence-corrected chi connectivity index (χ3v) is 6.63. The number of benzene rings is 1. The van der Waals surface area contributed by atoms with E-state index in [1.165, 1.54) is 11.6 Å². The smallest absolute Gasteiger partial charge is 0.332 e. The van der Waals surface area contributed by atoms with E-state index in [1.54, 1.807) is 7.05 Å². The van der Waals surface area contributed by atoms with Gasteiger partial charge in [0.05, 0.1) is 6.54 Å². The van der Waals surface area contributed by atoms with Crippen molar-refractivity contribution in [1.82, 2.24) is 23.6 Å². The summed E-state index contributed by atoms with van der Waals surface area (Å²) in [7, 11) is 3.10. The third-order valence-electron chi connectivity index (χ3n) is 6.38. The molecule has 1 aliphatic carbocycles. The Morgan fingerprint density at radius 3 is 2.31 bits per heavy atom. The van der Waals surface area contributed by atoms with Crippen molar-refractivity contribution in [2.75, 3.05) is 31.1 Å². The number of carbonyl (C=O) groups excluding carboxylic acids is 1. The maximum absolute atomic E-state index is 13.1. The van der Waals surface area contributed by atoms with Crippen LogP contribution in [0, 0.1) is 5.92 Å². The van der Waals surface area contributed by atoms with Gasteiger partial charge >= 0.3 is 5.69 Å². The number of amides is 1. The molecule has 0 bridgehead atoms. The number of piperazine rings is 1. The molecule has 10 heteroatoms. The molecule has 1 saturated heterocycles. The minimum atomic E-state index is -0.412. The summed E-state index contributed by atoms with van der Waals surface area (Å²) in [6.07, 6.45) is 1.99. The normalized spacial score (nSPS) is 16.7. The second kappa shape index (κ2) is 7.81. The van der Waals surface area contributed by atoms with Crippen molar-refractivity contribution in [3.05, 3.63) is 55.7 Å². The van der Waals surface area contributed by atoms with Gasteiger partial charge in [-0.3, -0.25) is 23.3 Å². The van der Waals surface area contributed by atoms with Gasteiger partial charge in [0, 0.05) is 51.2 Å². The number of halogens is 1. The highest BCUT2D eigenvalue weighted by atomic mass is 35.5. The first-order chi connectivity index (χ1) is 15.3. The number of anilines is 1. The first-order valence-electron chi connectivity index (χ1n) is 10.8. The number of imidazole rings is 1. The summed E-state index contributed by atoms with van der Waals surface area (Å²) < 4.78 is 4.39. The van der Waals surface area contributed by atoms with Crippen LogP contribution in [0.2, 0.25) is 5.02 Å². The monoisotopic (exact) mass is 456 g/mol. The Morgan fingerprint density at radius 2 is 1.69 bits per heavy atom. The molecule has 0 unspecified atom stereocenters. The Kier molecular flexibility index (Phi) is 5.08. The van der Waals surface area contributed by atoms with Gasteiger partial charge in [0.25, 0.3) is 5.56 Å². The number of aromatic nitrogens is 4. The number of carbonyl (C=O) groups is 1. The second-order valence-electron chi connectivity index (χ2n) is 8.59. The number of nitrogens with zero attached hydrogens (tertiary/aromatic N) is 6. The Labute approximate surface area is 189 Å². The van der Waals surface area contributed by atoms with Crippen LogP contribution in [0.15, 0.2) is 33.9 Å². The highest BCUT2D eigenvalue weighted by Crippen LogP contribution is 2.31. The highest BCUT2D eigenvalue weighted by Gasteiger charge is 2.35. The first kappa shape index (κ1) is 20.8. The standard InChI is InChI=1S/C22H25ClN6O3/c1-25-18-17(20(31)26(2)22(25)32)29(13-14-3-7-16(23)8-4-14)21(24-18)28-11-9-27(10-12-28)19(30)15-5-6-15/h3-4,7-8,15H,5-6,9-13H2,1-2H3. The van der Waals surface area contributed by atoms with Crippen molar-refractivity contribution in [1.29, 1.82) is 0 Å². The Bertz CT molecular complexity index is 1310. The van der Waals surface area contributed by atoms with E-state index in [0.29, 0.717) is 54.9 Å². The van der Waals surface area contributed by atoms with Crippen LogP contribution in [0.4, 0.5) is 5.95 Å². The predicted octanol–water partition coefficient (Wildman–Crippen LogP) is 1.19. The summed E-state index contributed by atoms with van der Waals surface area (Å²) in [5, 5.41) is 0.638. The van der Waals surface area contributed by atoms with Gasteiger partial charge in [0.15, 0.2) is 11.2 Å². The highest BCUT2D eigenvalue weighted by molar-refractivity contribution is 6.30. The van der Waals surface area contributed by atoms with Crippen LogP contribution in [-0.2, 0) is 25.4 Å². The first-order valence-corrected chi connectivity index (χ1v) is 11.2. The van der Waals surface area contributed by atoms with Crippen LogP contribution in [0.1, 0.15) is 18.4 Å². The van der Waals surface area contributed by atoms with Gasteiger partial charge in [0.1, 0.15) is 0 Å². The zero-order chi connectivity index (χ0) is 22.6. The van der Waals surface area contributed by atoms with Crippen molar-refractivity contribution in [2.24, 2.45) is 20.0 Å². The van der Waals surface area contributed by atoms with Gasteiger partial charge < -0.3 is 9.80 Å². The molecule has 3 aromatic rings. The maximum Gasteiger partial charge on any atom is 0.332 e. The molecular weight excluding hydrogens is 432 g/mol. The molecule has 0 atom stereocenters. The summed E-state index contributed by atoms with van der Waals surface area (Å²) in [5.74, 6) is 1.08. The average molecular weight is 457 g/mol. The van der Waals surface area contributed by atoms with Crippen LogP contribution >= 0.6 is 11.6 Å². The zero-order valence-electron chi connectivity index (χ0n) is 18.1. The van der Waals surface area contributed by atoms with Crippen LogP contribution in [0.5, 0.6) is 0 Å². The Balaban J connectivity index is 1.56. The predicted molar refractivity (Wildman–Crippen MR) is 122 cm³/mol. The molecular formula is C22H25ClN6O3. The molecule has 0 N–H and O–H groups in total. The number of fused-ring (bicyclic) bond motifs is 1. The number of aryl methyl sites for hydroxylation is 1. The van der Waals surface area contributed by atoms with Crippen molar-refractivity contribution in [2.45, 2.75) is 19.4 Å². The van der Waals surface area contributed by atoms with Crippen molar-refractivity contribution >= 4 is 34.6 Å². The average Bonchev–Trinajstić information content (AvgIpc) is 3.59. The second-order valence-corrected chi connectivity index (χ2v) is 9.03. The summed E-state index contributed by atoms with van der Waals surface area (Å²) >= 11 is 6.04. The van der Waals surface area contributed by atoms with Crippen LogP contribution in [-0.4, -0.2) is 55.7 Å². The Hall–Kier alpha value is -3.07. The largest absolute Gasteiger partial charge is 0.339 e. The van der Waals surface area contributed by atoms with E-state index in [9.17, 15) is 14.4 Å². The van der Waals surface area contributed by atoms with Gasteiger partial charge in [-0.05, 0) is 30.5 Å². The molecule has 3 heterocycles. The molecule has 9 nitrogen and oxygen atoms in total. The van der Waals surface area contributed by atoms with Gasteiger partial charge in [-0.25, -0.2) is 4.79 Å². The summed E-state index contributed by atoms with van der Waals surface area (Å²) in [6, 6.07) is 7.45. The van der Waals surface area contributed by atoms with Crippen molar-refractivity contribution in [3.63, 3.8) is 0 Å². The lowest BCUT2D eigenvalue weighted by atomic mass is 10.2. The number of rotatable bonds is 4. The minimum Gasteiger partial charge on any atom is -0.339 e. The molecule has 5 rings (SSSR count). The molecule has 2 fully saturated rings. The SMILES string of the molecule is Cn1c(=O)c2c(nc(N3CCN(C(=O)C4CC4)CC3)n2Cc2ccc(Cl)cc2)n(C)c1=O. The van der Waals surface area contributed by atoms with Gasteiger partial charge in [-0.2, -0.15) is 4.98 Å². The number of hydrogen-bond donors (Lipinski definition) is 0. The lowest BCUT2D eigenvalue weighted by Crippen LogP contribution is -2.50. The third kappa shape index (κ3) is 3.50. The van der Waals surface area contributed by atoms with E-state index in [-0.39, 0.29) is 17.4 Å². The molecule has 2 aromatic heterocycles. The fraction of sp³-hybridized carbons (Fsp3) is 0.455. The summed E-state index contributed by atoms with van der Waals surface area (Å²) in [4.78, 5) is 46.8. The molecule has 1 aromatic carbocycles. The van der Waals surface area contributed by atoms with Crippen molar-refractivity contribution in [3.8, 4) is 0 Å². The fourth-order valence-electron chi connectivity index (χ4n) is 4.31. The minimum absolute atomic E-state index is 0.202. The number of hydrogen-bond acceptors (Lipinski definition) is 5. The van der Waals surface area contributed by atoms with E-state index >= 15 is 0 Å². The van der Waals surface area contributed by atoms with Gasteiger partial charge in [0.2, 0.25) is 11.9 Å². The van der Waals surface area contributed by atoms with Crippen LogP contribution < -0.4 is 16.1 Å². The van der Waals surface area contributed by atoms with Gasteiger partial charge in [-0.15, -0.1) is 0 Å². The zero-order valence-corrected chi connectivity index (χ0v) is 18.9. The molecule has 1 amide bonds. The molecule has 32 heavy (non-hydrogen) atoms. The maximum atomic E-state index is 13.1. The molecule has 1 aliphatic heterocycles. The van der Waals surface area contributed by atoms with Crippen LogP contribution in [0.3, 0.4) is 0 Å². The summed E-state index contributed by atoms with van der Waals surface area (Å²) in [5.41, 5.74) is 0.923. The topological polar surface area (TPSA) is 85.4 Å². The fourth-order valence-corrected chi connectivity index (χ4v) is 4.44. The lowest BCUT2D eigenvalue weighted by molar-refractivity contribution is -0.132. The molecule has 2 aliphatic rings. The van der Waals surface area contributed by atoms with Crippen LogP contribution in [0.25, 0.3) is 11.2 Å². The van der Waals surface area contributed by atoms with E-state index in [2.05, 4.69) is 4.90 Å².